The van der Waals surface area contributed by atoms with E-state index in [1.807, 2.05) is 38.1 Å². The van der Waals surface area contributed by atoms with Crippen molar-refractivity contribution < 1.29 is 14.7 Å². The monoisotopic (exact) mass is 326 g/mol. The SMILES string of the molecule is C=Cc1cccc(COc2ccc(C)cc2C)c1N(O)C(=O)NC. The van der Waals surface area contributed by atoms with Gasteiger partial charge in [0.2, 0.25) is 0 Å². The zero-order valence-electron chi connectivity index (χ0n) is 14.2. The number of anilines is 1. The highest BCUT2D eigenvalue weighted by atomic mass is 16.5. The third-order valence-electron chi connectivity index (χ3n) is 3.70. The highest BCUT2D eigenvalue weighted by Gasteiger charge is 2.19. The van der Waals surface area contributed by atoms with Gasteiger partial charge in [0.05, 0.1) is 5.69 Å². The minimum atomic E-state index is -0.628. The number of amides is 2. The molecule has 0 bridgehead atoms. The number of urea groups is 1. The van der Waals surface area contributed by atoms with E-state index in [1.54, 1.807) is 18.2 Å². The molecule has 126 valence electrons. The quantitative estimate of drug-likeness (QED) is 0.643. The number of aryl methyl sites for hydroxylation is 2. The Kier molecular flexibility index (Phi) is 5.60. The molecular formula is C19H22N2O3. The van der Waals surface area contributed by atoms with Crippen LogP contribution in [-0.4, -0.2) is 18.3 Å². The molecule has 24 heavy (non-hydrogen) atoms. The van der Waals surface area contributed by atoms with Gasteiger partial charge in [-0.1, -0.05) is 48.6 Å². The van der Waals surface area contributed by atoms with Crippen LogP contribution in [0.5, 0.6) is 5.75 Å². The maximum Gasteiger partial charge on any atom is 0.345 e. The van der Waals surface area contributed by atoms with Gasteiger partial charge < -0.3 is 10.1 Å². The van der Waals surface area contributed by atoms with Crippen LogP contribution in [0.2, 0.25) is 0 Å². The van der Waals surface area contributed by atoms with Crippen LogP contribution in [0.4, 0.5) is 10.5 Å². The summed E-state index contributed by atoms with van der Waals surface area (Å²) < 4.78 is 5.88. The molecule has 2 amide bonds. The number of hydroxylamine groups is 1. The first kappa shape index (κ1) is 17.6. The number of hydrogen-bond donors (Lipinski definition) is 2. The molecule has 0 unspecified atom stereocenters. The van der Waals surface area contributed by atoms with E-state index >= 15 is 0 Å². The van der Waals surface area contributed by atoms with Gasteiger partial charge in [-0.15, -0.1) is 0 Å². The molecule has 2 aromatic rings. The number of benzene rings is 2. The van der Waals surface area contributed by atoms with Crippen molar-refractivity contribution in [2.75, 3.05) is 12.1 Å². The van der Waals surface area contributed by atoms with E-state index in [4.69, 9.17) is 4.74 Å². The van der Waals surface area contributed by atoms with Crippen LogP contribution in [0.25, 0.3) is 6.08 Å². The van der Waals surface area contributed by atoms with Gasteiger partial charge in [-0.05, 0) is 25.5 Å². The van der Waals surface area contributed by atoms with Crippen molar-refractivity contribution in [3.63, 3.8) is 0 Å². The minimum Gasteiger partial charge on any atom is -0.489 e. The zero-order valence-corrected chi connectivity index (χ0v) is 14.2. The van der Waals surface area contributed by atoms with Crippen LogP contribution in [0.3, 0.4) is 0 Å². The smallest absolute Gasteiger partial charge is 0.345 e. The molecule has 0 radical (unpaired) electrons. The first-order chi connectivity index (χ1) is 11.5. The Morgan fingerprint density at radius 1 is 1.33 bits per heavy atom. The minimum absolute atomic E-state index is 0.217. The molecule has 0 atom stereocenters. The van der Waals surface area contributed by atoms with Crippen molar-refractivity contribution in [2.24, 2.45) is 0 Å². The summed E-state index contributed by atoms with van der Waals surface area (Å²) in [6.45, 7) is 7.95. The van der Waals surface area contributed by atoms with Gasteiger partial charge in [-0.3, -0.25) is 5.21 Å². The van der Waals surface area contributed by atoms with Crippen LogP contribution in [0, 0.1) is 13.8 Å². The molecule has 2 N–H and O–H groups in total. The molecule has 5 heteroatoms. The summed E-state index contributed by atoms with van der Waals surface area (Å²) in [5.74, 6) is 0.764. The largest absolute Gasteiger partial charge is 0.489 e. The van der Waals surface area contributed by atoms with Crippen molar-refractivity contribution in [1.29, 1.82) is 0 Å². The predicted octanol–water partition coefficient (Wildman–Crippen LogP) is 4.06. The fourth-order valence-electron chi connectivity index (χ4n) is 2.47. The molecule has 0 saturated carbocycles. The Morgan fingerprint density at radius 3 is 2.71 bits per heavy atom. The summed E-state index contributed by atoms with van der Waals surface area (Å²) in [6, 6.07) is 10.7. The van der Waals surface area contributed by atoms with Gasteiger partial charge in [0.25, 0.3) is 0 Å². The molecule has 0 aliphatic heterocycles. The summed E-state index contributed by atoms with van der Waals surface area (Å²) in [5, 5.41) is 13.2. The predicted molar refractivity (Wildman–Crippen MR) is 95.5 cm³/mol. The second kappa shape index (κ2) is 7.66. The number of ether oxygens (including phenoxy) is 1. The third kappa shape index (κ3) is 3.75. The number of hydrogen-bond acceptors (Lipinski definition) is 3. The lowest BCUT2D eigenvalue weighted by Crippen LogP contribution is -2.36. The van der Waals surface area contributed by atoms with Crippen LogP contribution < -0.4 is 15.1 Å². The maximum atomic E-state index is 11.8. The maximum absolute atomic E-state index is 11.8. The molecule has 0 aliphatic carbocycles. The van der Waals surface area contributed by atoms with E-state index in [-0.39, 0.29) is 6.61 Å². The summed E-state index contributed by atoms with van der Waals surface area (Å²) >= 11 is 0. The summed E-state index contributed by atoms with van der Waals surface area (Å²) in [7, 11) is 1.45. The molecule has 0 spiro atoms. The van der Waals surface area contributed by atoms with Crippen molar-refractivity contribution in [1.82, 2.24) is 5.32 Å². The number of nitrogens with one attached hydrogen (secondary N) is 1. The molecule has 2 aromatic carbocycles. The lowest BCUT2D eigenvalue weighted by Gasteiger charge is -2.21. The second-order valence-electron chi connectivity index (χ2n) is 5.48. The fraction of sp³-hybridized carbons (Fsp3) is 0.211. The van der Waals surface area contributed by atoms with Gasteiger partial charge in [0, 0.05) is 18.2 Å². The van der Waals surface area contributed by atoms with Gasteiger partial charge in [-0.25, -0.2) is 4.79 Å². The Labute approximate surface area is 142 Å². The molecule has 2 rings (SSSR count). The molecule has 0 heterocycles. The van der Waals surface area contributed by atoms with Crippen LogP contribution >= 0.6 is 0 Å². The van der Waals surface area contributed by atoms with Gasteiger partial charge in [0.15, 0.2) is 0 Å². The number of para-hydroxylation sites is 1. The average molecular weight is 326 g/mol. The summed E-state index contributed by atoms with van der Waals surface area (Å²) in [6.07, 6.45) is 1.59. The number of carbonyl (C=O) groups excluding carboxylic acids is 1. The van der Waals surface area contributed by atoms with Crippen molar-refractivity contribution >= 4 is 17.8 Å². The summed E-state index contributed by atoms with van der Waals surface area (Å²) in [5.41, 5.74) is 3.87. The van der Waals surface area contributed by atoms with E-state index in [9.17, 15) is 10.0 Å². The Balaban J connectivity index is 2.32. The topological polar surface area (TPSA) is 61.8 Å². The van der Waals surface area contributed by atoms with Gasteiger partial charge >= 0.3 is 6.03 Å². The van der Waals surface area contributed by atoms with Crippen LogP contribution in [-0.2, 0) is 6.61 Å². The van der Waals surface area contributed by atoms with Crippen LogP contribution in [0.1, 0.15) is 22.3 Å². The second-order valence-corrected chi connectivity index (χ2v) is 5.48. The van der Waals surface area contributed by atoms with Crippen molar-refractivity contribution in [3.05, 3.63) is 65.2 Å². The molecule has 0 aromatic heterocycles. The molecule has 5 nitrogen and oxygen atoms in total. The van der Waals surface area contributed by atoms with Gasteiger partial charge in [-0.2, -0.15) is 5.06 Å². The summed E-state index contributed by atoms with van der Waals surface area (Å²) in [4.78, 5) is 11.8. The lowest BCUT2D eigenvalue weighted by molar-refractivity contribution is 0.205. The average Bonchev–Trinajstić information content (AvgIpc) is 2.59. The standard InChI is InChI=1S/C19H22N2O3/c1-5-15-7-6-8-16(18(15)21(23)19(22)20-4)12-24-17-10-9-13(2)11-14(17)3/h5-11,23H,1,12H2,2-4H3,(H,20,22). The first-order valence-corrected chi connectivity index (χ1v) is 7.63. The number of rotatable bonds is 5. The van der Waals surface area contributed by atoms with Gasteiger partial charge in [0.1, 0.15) is 12.4 Å². The van der Waals surface area contributed by atoms with E-state index in [0.717, 1.165) is 16.9 Å². The van der Waals surface area contributed by atoms with Crippen LogP contribution in [0.15, 0.2) is 43.0 Å². The molecule has 0 aliphatic rings. The van der Waals surface area contributed by atoms with Crippen molar-refractivity contribution in [2.45, 2.75) is 20.5 Å². The highest BCUT2D eigenvalue weighted by Crippen LogP contribution is 2.28. The van der Waals surface area contributed by atoms with E-state index < -0.39 is 6.03 Å². The molecule has 0 fully saturated rings. The van der Waals surface area contributed by atoms with E-state index in [1.165, 1.54) is 7.05 Å². The Bertz CT molecular complexity index is 756. The number of nitrogens with zero attached hydrogens (tertiary/aromatic N) is 1. The highest BCUT2D eigenvalue weighted by molar-refractivity contribution is 5.92. The van der Waals surface area contributed by atoms with Crippen molar-refractivity contribution in [3.8, 4) is 5.75 Å². The third-order valence-corrected chi connectivity index (χ3v) is 3.70. The lowest BCUT2D eigenvalue weighted by atomic mass is 10.1. The number of carbonyl (C=O) groups is 1. The normalized spacial score (nSPS) is 10.2. The van der Waals surface area contributed by atoms with E-state index in [2.05, 4.69) is 11.9 Å². The molecular weight excluding hydrogens is 304 g/mol. The zero-order chi connectivity index (χ0) is 17.7. The molecule has 0 saturated heterocycles. The van der Waals surface area contributed by atoms with E-state index in [0.29, 0.717) is 21.9 Å². The Morgan fingerprint density at radius 2 is 2.08 bits per heavy atom. The fourth-order valence-corrected chi connectivity index (χ4v) is 2.47. The Hall–Kier alpha value is -2.79. The first-order valence-electron chi connectivity index (χ1n) is 7.63.